The van der Waals surface area contributed by atoms with Crippen molar-refractivity contribution >= 4 is 21.6 Å². The first-order valence-corrected chi connectivity index (χ1v) is 9.43. The van der Waals surface area contributed by atoms with Crippen LogP contribution < -0.4 is 9.62 Å². The highest BCUT2D eigenvalue weighted by atomic mass is 32.2. The van der Waals surface area contributed by atoms with Crippen LogP contribution >= 0.6 is 0 Å². The van der Waals surface area contributed by atoms with Crippen LogP contribution in [0.25, 0.3) is 0 Å². The quantitative estimate of drug-likeness (QED) is 0.773. The van der Waals surface area contributed by atoms with E-state index >= 15 is 0 Å². The van der Waals surface area contributed by atoms with Gasteiger partial charge in [-0.1, -0.05) is 30.3 Å². The zero-order chi connectivity index (χ0) is 18.4. The molecule has 0 saturated heterocycles. The molecular weight excluding hydrogens is 336 g/mol. The number of rotatable bonds is 7. The summed E-state index contributed by atoms with van der Waals surface area (Å²) in [7, 11) is -3.66. The molecular formula is C19H22N2O3S. The number of hydrogen-bond donors (Lipinski definition) is 1. The van der Waals surface area contributed by atoms with Gasteiger partial charge in [0.2, 0.25) is 10.0 Å². The van der Waals surface area contributed by atoms with Crippen LogP contribution in [0.5, 0.6) is 0 Å². The summed E-state index contributed by atoms with van der Waals surface area (Å²) < 4.78 is 27.2. The van der Waals surface area contributed by atoms with E-state index in [1.54, 1.807) is 37.0 Å². The van der Waals surface area contributed by atoms with Crippen molar-refractivity contribution in [3.8, 4) is 0 Å². The molecule has 0 aliphatic carbocycles. The molecule has 0 radical (unpaired) electrons. The van der Waals surface area contributed by atoms with Gasteiger partial charge in [0, 0.05) is 23.8 Å². The highest BCUT2D eigenvalue weighted by molar-refractivity contribution is 7.89. The van der Waals surface area contributed by atoms with E-state index in [4.69, 9.17) is 0 Å². The first kappa shape index (κ1) is 18.9. The van der Waals surface area contributed by atoms with Crippen molar-refractivity contribution in [1.29, 1.82) is 0 Å². The van der Waals surface area contributed by atoms with E-state index in [0.717, 1.165) is 5.69 Å². The van der Waals surface area contributed by atoms with Crippen LogP contribution in [0, 0.1) is 0 Å². The summed E-state index contributed by atoms with van der Waals surface area (Å²) in [5.74, 6) is -0.285. The first-order valence-electron chi connectivity index (χ1n) is 7.95. The molecule has 0 aromatic heterocycles. The fraction of sp³-hybridized carbons (Fsp3) is 0.211. The average molecular weight is 358 g/mol. The minimum atomic E-state index is -3.66. The van der Waals surface area contributed by atoms with Gasteiger partial charge < -0.3 is 4.90 Å². The molecule has 0 aliphatic rings. The number of carbonyl (C=O) groups is 1. The van der Waals surface area contributed by atoms with Crippen molar-refractivity contribution in [2.45, 2.75) is 24.8 Å². The summed E-state index contributed by atoms with van der Waals surface area (Å²) in [6.45, 7) is 7.50. The highest BCUT2D eigenvalue weighted by Gasteiger charge is 2.20. The molecule has 0 saturated carbocycles. The SMILES string of the molecule is C=CCN(C(=O)c1cccc(S(=O)(=O)NC(C)C)c1)c1ccccc1. The summed E-state index contributed by atoms with van der Waals surface area (Å²) in [6, 6.07) is 15.0. The smallest absolute Gasteiger partial charge is 0.258 e. The number of carbonyl (C=O) groups excluding carboxylic acids is 1. The Morgan fingerprint density at radius 1 is 1.16 bits per heavy atom. The minimum Gasteiger partial charge on any atom is -0.305 e. The Labute approximate surface area is 149 Å². The summed E-state index contributed by atoms with van der Waals surface area (Å²) in [6.07, 6.45) is 1.63. The Bertz CT molecular complexity index is 846. The maximum absolute atomic E-state index is 12.9. The van der Waals surface area contributed by atoms with Gasteiger partial charge in [0.1, 0.15) is 0 Å². The van der Waals surface area contributed by atoms with Crippen LogP contribution in [0.4, 0.5) is 5.69 Å². The number of amides is 1. The second-order valence-corrected chi connectivity index (χ2v) is 7.56. The fourth-order valence-electron chi connectivity index (χ4n) is 2.37. The molecule has 0 bridgehead atoms. The maximum atomic E-state index is 12.9. The second-order valence-electron chi connectivity index (χ2n) is 5.84. The summed E-state index contributed by atoms with van der Waals surface area (Å²) in [5.41, 5.74) is 1.03. The zero-order valence-corrected chi connectivity index (χ0v) is 15.2. The van der Waals surface area contributed by atoms with Gasteiger partial charge in [-0.05, 0) is 44.2 Å². The van der Waals surface area contributed by atoms with Gasteiger partial charge in [0.05, 0.1) is 4.90 Å². The van der Waals surface area contributed by atoms with Gasteiger partial charge >= 0.3 is 0 Å². The Hall–Kier alpha value is -2.44. The molecule has 25 heavy (non-hydrogen) atoms. The molecule has 1 amide bonds. The van der Waals surface area contributed by atoms with Gasteiger partial charge in [-0.25, -0.2) is 13.1 Å². The molecule has 2 rings (SSSR count). The number of anilines is 1. The van der Waals surface area contributed by atoms with Gasteiger partial charge in [-0.3, -0.25) is 4.79 Å². The molecule has 0 heterocycles. The van der Waals surface area contributed by atoms with Gasteiger partial charge in [0.25, 0.3) is 5.91 Å². The van der Waals surface area contributed by atoms with E-state index in [0.29, 0.717) is 12.1 Å². The Balaban J connectivity index is 2.38. The predicted octanol–water partition coefficient (Wildman–Crippen LogP) is 3.21. The van der Waals surface area contributed by atoms with Crippen molar-refractivity contribution in [2.75, 3.05) is 11.4 Å². The average Bonchev–Trinajstić information content (AvgIpc) is 2.59. The van der Waals surface area contributed by atoms with Gasteiger partial charge in [-0.2, -0.15) is 0 Å². The van der Waals surface area contributed by atoms with E-state index < -0.39 is 10.0 Å². The molecule has 6 heteroatoms. The third-order valence-corrected chi connectivity index (χ3v) is 5.06. The monoisotopic (exact) mass is 358 g/mol. The molecule has 2 aromatic rings. The standard InChI is InChI=1S/C19H22N2O3S/c1-4-13-21(17-10-6-5-7-11-17)19(22)16-9-8-12-18(14-16)25(23,24)20-15(2)3/h4-12,14-15,20H,1,13H2,2-3H3. The zero-order valence-electron chi connectivity index (χ0n) is 14.3. The van der Waals surface area contributed by atoms with Crippen molar-refractivity contribution in [3.05, 3.63) is 72.8 Å². The van der Waals surface area contributed by atoms with Crippen LogP contribution in [0.15, 0.2) is 72.1 Å². The molecule has 0 spiro atoms. The van der Waals surface area contributed by atoms with Gasteiger partial charge in [-0.15, -0.1) is 6.58 Å². The highest BCUT2D eigenvalue weighted by Crippen LogP contribution is 2.19. The number of nitrogens with one attached hydrogen (secondary N) is 1. The van der Waals surface area contributed by atoms with Crippen LogP contribution in [-0.2, 0) is 10.0 Å². The van der Waals surface area contributed by atoms with E-state index in [1.165, 1.54) is 12.1 Å². The molecule has 1 N–H and O–H groups in total. The third-order valence-electron chi connectivity index (χ3n) is 3.41. The second kappa shape index (κ2) is 8.09. The Morgan fingerprint density at radius 2 is 1.84 bits per heavy atom. The molecule has 0 aliphatic heterocycles. The molecule has 0 fully saturated rings. The van der Waals surface area contributed by atoms with Crippen LogP contribution in [0.3, 0.4) is 0 Å². The lowest BCUT2D eigenvalue weighted by Gasteiger charge is -2.21. The van der Waals surface area contributed by atoms with E-state index in [9.17, 15) is 13.2 Å². The Kier molecular flexibility index (Phi) is 6.12. The number of sulfonamides is 1. The number of nitrogens with zero attached hydrogens (tertiary/aromatic N) is 1. The van der Waals surface area contributed by atoms with E-state index in [1.807, 2.05) is 30.3 Å². The molecule has 0 atom stereocenters. The topological polar surface area (TPSA) is 66.5 Å². The van der Waals surface area contributed by atoms with Crippen LogP contribution in [0.1, 0.15) is 24.2 Å². The fourth-order valence-corrected chi connectivity index (χ4v) is 3.67. The van der Waals surface area contributed by atoms with E-state index in [2.05, 4.69) is 11.3 Å². The molecule has 0 unspecified atom stereocenters. The number of benzene rings is 2. The Morgan fingerprint density at radius 3 is 2.44 bits per heavy atom. The van der Waals surface area contributed by atoms with Crippen molar-refractivity contribution in [2.24, 2.45) is 0 Å². The molecule has 2 aromatic carbocycles. The molecule has 132 valence electrons. The maximum Gasteiger partial charge on any atom is 0.258 e. The van der Waals surface area contributed by atoms with Crippen LogP contribution in [-0.4, -0.2) is 26.9 Å². The van der Waals surface area contributed by atoms with Crippen LogP contribution in [0.2, 0.25) is 0 Å². The van der Waals surface area contributed by atoms with Gasteiger partial charge in [0.15, 0.2) is 0 Å². The minimum absolute atomic E-state index is 0.0682. The normalized spacial score (nSPS) is 11.3. The lowest BCUT2D eigenvalue weighted by molar-refractivity contribution is 0.0989. The first-order chi connectivity index (χ1) is 11.8. The van der Waals surface area contributed by atoms with E-state index in [-0.39, 0.29) is 16.8 Å². The van der Waals surface area contributed by atoms with Crippen molar-refractivity contribution in [3.63, 3.8) is 0 Å². The number of hydrogen-bond acceptors (Lipinski definition) is 3. The summed E-state index contributed by atoms with van der Waals surface area (Å²) in [5, 5.41) is 0. The lowest BCUT2D eigenvalue weighted by atomic mass is 10.1. The lowest BCUT2D eigenvalue weighted by Crippen LogP contribution is -2.32. The predicted molar refractivity (Wildman–Crippen MR) is 100 cm³/mol. The summed E-state index contributed by atoms with van der Waals surface area (Å²) >= 11 is 0. The summed E-state index contributed by atoms with van der Waals surface area (Å²) in [4.78, 5) is 14.5. The van der Waals surface area contributed by atoms with Crippen molar-refractivity contribution < 1.29 is 13.2 Å². The van der Waals surface area contributed by atoms with Crippen molar-refractivity contribution in [1.82, 2.24) is 4.72 Å². The third kappa shape index (κ3) is 4.78. The largest absolute Gasteiger partial charge is 0.305 e. The number of para-hydroxylation sites is 1. The molecule has 5 nitrogen and oxygen atoms in total.